The van der Waals surface area contributed by atoms with Crippen molar-refractivity contribution in [1.29, 1.82) is 10.7 Å². The van der Waals surface area contributed by atoms with Gasteiger partial charge in [-0.1, -0.05) is 35.5 Å². The van der Waals surface area contributed by atoms with Crippen LogP contribution < -0.4 is 0 Å². The molecule has 1 aromatic rings. The first kappa shape index (κ1) is 16.3. The maximum Gasteiger partial charge on any atom is 0.219 e. The highest BCUT2D eigenvalue weighted by Crippen LogP contribution is 2.35. The van der Waals surface area contributed by atoms with Crippen molar-refractivity contribution in [1.82, 2.24) is 4.90 Å². The van der Waals surface area contributed by atoms with Gasteiger partial charge in [-0.25, -0.2) is 8.42 Å². The Hall–Kier alpha value is -2.04. The first-order valence-electron chi connectivity index (χ1n) is 6.46. The van der Waals surface area contributed by atoms with Crippen LogP contribution in [0.25, 0.3) is 0 Å². The zero-order valence-corrected chi connectivity index (χ0v) is 13.7. The molecule has 5 nitrogen and oxygen atoms in total. The van der Waals surface area contributed by atoms with Crippen molar-refractivity contribution in [3.63, 3.8) is 0 Å². The molecule has 1 aliphatic rings. The van der Waals surface area contributed by atoms with Gasteiger partial charge in [-0.3, -0.25) is 5.41 Å². The van der Waals surface area contributed by atoms with E-state index < -0.39 is 9.84 Å². The van der Waals surface area contributed by atoms with Crippen molar-refractivity contribution in [3.8, 4) is 6.07 Å². The number of hydrogen-bond acceptors (Lipinski definition) is 5. The van der Waals surface area contributed by atoms with Crippen molar-refractivity contribution < 1.29 is 8.42 Å². The molecule has 0 spiro atoms. The molecule has 0 saturated carbocycles. The van der Waals surface area contributed by atoms with E-state index >= 15 is 0 Å². The lowest BCUT2D eigenvalue weighted by molar-refractivity contribution is 0.593. The molecule has 0 radical (unpaired) electrons. The van der Waals surface area contributed by atoms with Crippen LogP contribution in [0.15, 0.2) is 51.8 Å². The quantitative estimate of drug-likeness (QED) is 0.676. The predicted octanol–water partition coefficient (Wildman–Crippen LogP) is 2.67. The number of nitrogens with one attached hydrogen (secondary N) is 1. The van der Waals surface area contributed by atoms with E-state index in [9.17, 15) is 13.7 Å². The van der Waals surface area contributed by atoms with Crippen LogP contribution in [0.4, 0.5) is 0 Å². The molecule has 0 aromatic heterocycles. The van der Waals surface area contributed by atoms with Gasteiger partial charge in [0.25, 0.3) is 0 Å². The van der Waals surface area contributed by atoms with Crippen molar-refractivity contribution >= 4 is 27.4 Å². The summed E-state index contributed by atoms with van der Waals surface area (Å²) >= 11 is 1.19. The van der Waals surface area contributed by atoms with E-state index in [1.54, 1.807) is 24.3 Å². The summed E-state index contributed by atoms with van der Waals surface area (Å²) in [7, 11) is -3.90. The summed E-state index contributed by atoms with van der Waals surface area (Å²) in [6.45, 7) is 5.77. The molecular weight excluding hydrogens is 318 g/mol. The van der Waals surface area contributed by atoms with E-state index in [4.69, 9.17) is 5.41 Å². The lowest BCUT2D eigenvalue weighted by Crippen LogP contribution is -2.25. The van der Waals surface area contributed by atoms with Gasteiger partial charge >= 0.3 is 0 Å². The largest absolute Gasteiger partial charge is 0.319 e. The number of benzene rings is 1. The van der Waals surface area contributed by atoms with Crippen LogP contribution in [-0.4, -0.2) is 31.5 Å². The highest BCUT2D eigenvalue weighted by atomic mass is 32.2. The lowest BCUT2D eigenvalue weighted by Gasteiger charge is -2.18. The third-order valence-electron chi connectivity index (χ3n) is 3.12. The normalized spacial score (nSPS) is 17.3. The highest BCUT2D eigenvalue weighted by molar-refractivity contribution is 8.05. The molecule has 1 aromatic carbocycles. The predicted molar refractivity (Wildman–Crippen MR) is 88.1 cm³/mol. The van der Waals surface area contributed by atoms with Gasteiger partial charge in [-0.05, 0) is 19.1 Å². The third-order valence-corrected chi connectivity index (χ3v) is 6.08. The van der Waals surface area contributed by atoms with E-state index in [1.165, 1.54) is 28.8 Å². The van der Waals surface area contributed by atoms with E-state index in [0.29, 0.717) is 17.3 Å². The zero-order valence-electron chi connectivity index (χ0n) is 12.0. The van der Waals surface area contributed by atoms with Gasteiger partial charge < -0.3 is 4.90 Å². The number of nitriles is 1. The summed E-state index contributed by atoms with van der Waals surface area (Å²) in [6, 6.07) is 8.17. The molecule has 1 heterocycles. The lowest BCUT2D eigenvalue weighted by atomic mass is 10.2. The first-order chi connectivity index (χ1) is 10.4. The second kappa shape index (κ2) is 6.38. The summed E-state index contributed by atoms with van der Waals surface area (Å²) in [5, 5.41) is 17.6. The average molecular weight is 333 g/mol. The minimum Gasteiger partial charge on any atom is -0.319 e. The number of amidine groups is 1. The molecule has 0 unspecified atom stereocenters. The number of hydrogen-bond donors (Lipinski definition) is 1. The second-order valence-electron chi connectivity index (χ2n) is 4.70. The molecular formula is C15H15N3O2S2. The van der Waals surface area contributed by atoms with Gasteiger partial charge in [0.05, 0.1) is 10.6 Å². The molecule has 2 rings (SSSR count). The number of allylic oxidation sites excluding steroid dienone is 1. The van der Waals surface area contributed by atoms with Crippen LogP contribution in [0.2, 0.25) is 0 Å². The summed E-state index contributed by atoms with van der Waals surface area (Å²) in [5.74, 6) is 0.615. The minimum atomic E-state index is -3.90. The van der Waals surface area contributed by atoms with Crippen LogP contribution >= 0.6 is 11.8 Å². The van der Waals surface area contributed by atoms with Crippen LogP contribution in [0, 0.1) is 23.7 Å². The summed E-state index contributed by atoms with van der Waals surface area (Å²) in [6.07, 6.45) is 1.58. The van der Waals surface area contributed by atoms with Gasteiger partial charge in [0.2, 0.25) is 9.84 Å². The number of thioether (sulfide) groups is 1. The number of sulfone groups is 1. The molecule has 0 amide bonds. The molecule has 1 N–H and O–H groups in total. The fourth-order valence-electron chi connectivity index (χ4n) is 1.98. The fraction of sp³-hybridized carbons (Fsp3) is 0.200. The Morgan fingerprint density at radius 2 is 2.14 bits per heavy atom. The van der Waals surface area contributed by atoms with Crippen molar-refractivity contribution in [2.75, 3.05) is 12.3 Å². The molecule has 114 valence electrons. The Labute approximate surface area is 134 Å². The maximum atomic E-state index is 12.7. The molecule has 0 bridgehead atoms. The Morgan fingerprint density at radius 3 is 2.68 bits per heavy atom. The smallest absolute Gasteiger partial charge is 0.219 e. The second-order valence-corrected chi connectivity index (χ2v) is 7.55. The number of nitrogens with zero attached hydrogens (tertiary/aromatic N) is 2. The van der Waals surface area contributed by atoms with Crippen LogP contribution in [0.5, 0.6) is 0 Å². The standard InChI is InChI=1S/C15H15N3O2S2/c1-3-8-18-14(17)10-21-15(18)13(9-16)22(19,20)12-6-4-11(2)5-7-12/h3-7,17H,1,8,10H2,2H3. The van der Waals surface area contributed by atoms with Crippen molar-refractivity contribution in [2.45, 2.75) is 11.8 Å². The minimum absolute atomic E-state index is 0.0831. The van der Waals surface area contributed by atoms with Gasteiger partial charge in [0.15, 0.2) is 4.91 Å². The van der Waals surface area contributed by atoms with Crippen molar-refractivity contribution in [3.05, 3.63) is 52.4 Å². The molecule has 1 fully saturated rings. The van der Waals surface area contributed by atoms with E-state index in [0.717, 1.165) is 5.56 Å². The molecule has 22 heavy (non-hydrogen) atoms. The Bertz CT molecular complexity index is 787. The van der Waals surface area contributed by atoms with Crippen LogP contribution in [-0.2, 0) is 9.84 Å². The monoisotopic (exact) mass is 333 g/mol. The molecule has 7 heteroatoms. The zero-order chi connectivity index (χ0) is 16.3. The summed E-state index contributed by atoms with van der Waals surface area (Å²) in [4.78, 5) is 1.27. The van der Waals surface area contributed by atoms with Gasteiger partial charge in [0, 0.05) is 6.54 Å². The van der Waals surface area contributed by atoms with Gasteiger partial charge in [0.1, 0.15) is 16.9 Å². The Kier molecular flexibility index (Phi) is 4.74. The van der Waals surface area contributed by atoms with E-state index in [2.05, 4.69) is 6.58 Å². The van der Waals surface area contributed by atoms with E-state index in [1.807, 2.05) is 6.92 Å². The Morgan fingerprint density at radius 1 is 1.50 bits per heavy atom. The first-order valence-corrected chi connectivity index (χ1v) is 8.93. The van der Waals surface area contributed by atoms with E-state index in [-0.39, 0.29) is 15.6 Å². The number of rotatable bonds is 4. The molecule has 1 saturated heterocycles. The molecule has 1 aliphatic heterocycles. The maximum absolute atomic E-state index is 12.7. The van der Waals surface area contributed by atoms with Gasteiger partial charge in [-0.15, -0.1) is 6.58 Å². The summed E-state index contributed by atoms with van der Waals surface area (Å²) < 4.78 is 25.4. The number of aryl methyl sites for hydroxylation is 1. The van der Waals surface area contributed by atoms with Crippen LogP contribution in [0.1, 0.15) is 5.56 Å². The molecule has 0 aliphatic carbocycles. The van der Waals surface area contributed by atoms with Gasteiger partial charge in [-0.2, -0.15) is 5.26 Å². The Balaban J connectivity index is 2.58. The van der Waals surface area contributed by atoms with Crippen molar-refractivity contribution in [2.24, 2.45) is 0 Å². The fourth-order valence-corrected chi connectivity index (χ4v) is 4.63. The topological polar surface area (TPSA) is 85.0 Å². The highest BCUT2D eigenvalue weighted by Gasteiger charge is 2.32. The molecule has 0 atom stereocenters. The summed E-state index contributed by atoms with van der Waals surface area (Å²) in [5.41, 5.74) is 0.940. The SMILES string of the molecule is C=CCN1C(=N)CSC1=C(C#N)S(=O)(=O)c1ccc(C)cc1. The van der Waals surface area contributed by atoms with Crippen LogP contribution in [0.3, 0.4) is 0 Å². The average Bonchev–Trinajstić information content (AvgIpc) is 2.82. The third kappa shape index (κ3) is 2.93.